The van der Waals surface area contributed by atoms with Gasteiger partial charge in [0.15, 0.2) is 0 Å². The molecule has 0 saturated heterocycles. The van der Waals surface area contributed by atoms with Crippen molar-refractivity contribution in [1.82, 2.24) is 9.88 Å². The zero-order valence-corrected chi connectivity index (χ0v) is 16.6. The number of hydrogen-bond donors (Lipinski definition) is 1. The predicted octanol–water partition coefficient (Wildman–Crippen LogP) is 4.01. The number of unbranched alkanes of at least 4 members (excludes halogenated alkanes) is 1. The fourth-order valence-electron chi connectivity index (χ4n) is 2.97. The molecule has 1 N–H and O–H groups in total. The number of carbonyl (C=O) groups is 1. The monoisotopic (exact) mass is 390 g/mol. The Kier molecular flexibility index (Phi) is 7.22. The minimum atomic E-state index is -0.380. The van der Waals surface area contributed by atoms with Crippen molar-refractivity contribution in [2.24, 2.45) is 0 Å². The van der Waals surface area contributed by atoms with Crippen LogP contribution in [0.25, 0.3) is 0 Å². The molecule has 3 rings (SSSR count). The van der Waals surface area contributed by atoms with E-state index in [0.29, 0.717) is 19.7 Å². The SMILES string of the molecule is CCCCOc1cccc(CNC(=O)c2cccn(Cc3ccccc3)c2=O)c1. The van der Waals surface area contributed by atoms with Gasteiger partial charge in [0.05, 0.1) is 13.2 Å². The molecule has 0 spiro atoms. The molecule has 2 aromatic carbocycles. The van der Waals surface area contributed by atoms with Crippen LogP contribution in [0.2, 0.25) is 0 Å². The Morgan fingerprint density at radius 2 is 1.79 bits per heavy atom. The second kappa shape index (κ2) is 10.3. The molecular weight excluding hydrogens is 364 g/mol. The number of hydrogen-bond acceptors (Lipinski definition) is 3. The van der Waals surface area contributed by atoms with E-state index in [-0.39, 0.29) is 17.0 Å². The zero-order chi connectivity index (χ0) is 20.5. The summed E-state index contributed by atoms with van der Waals surface area (Å²) in [4.78, 5) is 25.3. The topological polar surface area (TPSA) is 60.3 Å². The molecule has 0 bridgehead atoms. The van der Waals surface area contributed by atoms with Gasteiger partial charge in [0.1, 0.15) is 11.3 Å². The number of carbonyl (C=O) groups excluding carboxylic acids is 1. The van der Waals surface area contributed by atoms with Crippen LogP contribution in [0.1, 0.15) is 41.3 Å². The van der Waals surface area contributed by atoms with Crippen molar-refractivity contribution in [3.63, 3.8) is 0 Å². The predicted molar refractivity (Wildman–Crippen MR) is 114 cm³/mol. The maximum Gasteiger partial charge on any atom is 0.263 e. The van der Waals surface area contributed by atoms with Crippen molar-refractivity contribution in [2.75, 3.05) is 6.61 Å². The lowest BCUT2D eigenvalue weighted by molar-refractivity contribution is 0.0948. The molecule has 0 unspecified atom stereocenters. The third-order valence-electron chi connectivity index (χ3n) is 4.58. The molecule has 1 heterocycles. The van der Waals surface area contributed by atoms with E-state index in [1.807, 2.05) is 54.6 Å². The van der Waals surface area contributed by atoms with Gasteiger partial charge in [-0.2, -0.15) is 0 Å². The van der Waals surface area contributed by atoms with Crippen molar-refractivity contribution in [3.8, 4) is 5.75 Å². The normalized spacial score (nSPS) is 10.5. The van der Waals surface area contributed by atoms with E-state index in [1.54, 1.807) is 22.9 Å². The Morgan fingerprint density at radius 1 is 1.00 bits per heavy atom. The highest BCUT2D eigenvalue weighted by molar-refractivity contribution is 5.93. The Hall–Kier alpha value is -3.34. The summed E-state index contributed by atoms with van der Waals surface area (Å²) >= 11 is 0. The Balaban J connectivity index is 1.65. The molecular formula is C24H26N2O3. The molecule has 0 aliphatic rings. The molecule has 1 aromatic heterocycles. The summed E-state index contributed by atoms with van der Waals surface area (Å²) in [5, 5.41) is 2.83. The van der Waals surface area contributed by atoms with E-state index >= 15 is 0 Å². The highest BCUT2D eigenvalue weighted by Gasteiger charge is 2.12. The van der Waals surface area contributed by atoms with E-state index in [0.717, 1.165) is 29.7 Å². The van der Waals surface area contributed by atoms with Gasteiger partial charge in [-0.25, -0.2) is 0 Å². The van der Waals surface area contributed by atoms with Crippen LogP contribution < -0.4 is 15.6 Å². The summed E-state index contributed by atoms with van der Waals surface area (Å²) in [6.07, 6.45) is 3.78. The van der Waals surface area contributed by atoms with Gasteiger partial charge in [0.2, 0.25) is 0 Å². The first kappa shape index (κ1) is 20.4. The smallest absolute Gasteiger partial charge is 0.263 e. The standard InChI is InChI=1S/C24H26N2O3/c1-2-3-15-29-21-12-7-11-20(16-21)17-25-23(27)22-13-8-14-26(24(22)28)18-19-9-5-4-6-10-19/h4-14,16H,2-3,15,17-18H2,1H3,(H,25,27). The first-order chi connectivity index (χ1) is 14.2. The average molecular weight is 390 g/mol. The van der Waals surface area contributed by atoms with Crippen LogP contribution in [-0.4, -0.2) is 17.1 Å². The van der Waals surface area contributed by atoms with Gasteiger partial charge in [-0.05, 0) is 41.8 Å². The quantitative estimate of drug-likeness (QED) is 0.562. The third kappa shape index (κ3) is 5.82. The highest BCUT2D eigenvalue weighted by Crippen LogP contribution is 2.14. The number of pyridine rings is 1. The van der Waals surface area contributed by atoms with Crippen LogP contribution in [0.3, 0.4) is 0 Å². The maximum absolute atomic E-state index is 12.7. The molecule has 0 aliphatic carbocycles. The van der Waals surface area contributed by atoms with Gasteiger partial charge in [-0.15, -0.1) is 0 Å². The van der Waals surface area contributed by atoms with Gasteiger partial charge in [0, 0.05) is 12.7 Å². The van der Waals surface area contributed by atoms with Crippen LogP contribution in [0.15, 0.2) is 77.7 Å². The van der Waals surface area contributed by atoms with Crippen LogP contribution in [0, 0.1) is 0 Å². The Bertz CT molecular complexity index is 996. The molecule has 150 valence electrons. The van der Waals surface area contributed by atoms with E-state index in [9.17, 15) is 9.59 Å². The highest BCUT2D eigenvalue weighted by atomic mass is 16.5. The zero-order valence-electron chi connectivity index (χ0n) is 16.6. The van der Waals surface area contributed by atoms with Crippen LogP contribution >= 0.6 is 0 Å². The van der Waals surface area contributed by atoms with Crippen LogP contribution in [0.5, 0.6) is 5.75 Å². The molecule has 5 heteroatoms. The van der Waals surface area contributed by atoms with Crippen molar-refractivity contribution < 1.29 is 9.53 Å². The molecule has 0 radical (unpaired) electrons. The van der Waals surface area contributed by atoms with E-state index in [2.05, 4.69) is 12.2 Å². The fourth-order valence-corrected chi connectivity index (χ4v) is 2.97. The minimum absolute atomic E-state index is 0.138. The minimum Gasteiger partial charge on any atom is -0.494 e. The van der Waals surface area contributed by atoms with Crippen molar-refractivity contribution in [2.45, 2.75) is 32.9 Å². The molecule has 3 aromatic rings. The molecule has 1 amide bonds. The summed E-state index contributed by atoms with van der Waals surface area (Å²) in [6, 6.07) is 20.6. The second-order valence-electron chi connectivity index (χ2n) is 6.87. The summed E-state index contributed by atoms with van der Waals surface area (Å²) in [5.41, 5.74) is 1.77. The molecule has 0 atom stereocenters. The Labute approximate surface area is 171 Å². The lowest BCUT2D eigenvalue weighted by Crippen LogP contribution is -2.32. The number of amides is 1. The van der Waals surface area contributed by atoms with Crippen molar-refractivity contribution in [1.29, 1.82) is 0 Å². The molecule has 0 fully saturated rings. The number of benzene rings is 2. The second-order valence-corrected chi connectivity index (χ2v) is 6.87. The summed E-state index contributed by atoms with van der Waals surface area (Å²) in [7, 11) is 0. The van der Waals surface area contributed by atoms with Crippen molar-refractivity contribution >= 4 is 5.91 Å². The number of ether oxygens (including phenoxy) is 1. The number of nitrogens with one attached hydrogen (secondary N) is 1. The van der Waals surface area contributed by atoms with Gasteiger partial charge >= 0.3 is 0 Å². The molecule has 0 aliphatic heterocycles. The van der Waals surface area contributed by atoms with Crippen LogP contribution in [-0.2, 0) is 13.1 Å². The van der Waals surface area contributed by atoms with Gasteiger partial charge < -0.3 is 14.6 Å². The van der Waals surface area contributed by atoms with Gasteiger partial charge in [0.25, 0.3) is 11.5 Å². The number of aromatic nitrogens is 1. The molecule has 5 nitrogen and oxygen atoms in total. The van der Waals surface area contributed by atoms with E-state index in [1.165, 1.54) is 0 Å². The maximum atomic E-state index is 12.7. The fraction of sp³-hybridized carbons (Fsp3) is 0.250. The largest absolute Gasteiger partial charge is 0.494 e. The third-order valence-corrected chi connectivity index (χ3v) is 4.58. The average Bonchev–Trinajstić information content (AvgIpc) is 2.75. The lowest BCUT2D eigenvalue weighted by Gasteiger charge is -2.10. The molecule has 0 saturated carbocycles. The van der Waals surface area contributed by atoms with E-state index < -0.39 is 0 Å². The van der Waals surface area contributed by atoms with Gasteiger partial charge in [-0.1, -0.05) is 55.8 Å². The number of nitrogens with zero attached hydrogens (tertiary/aromatic N) is 1. The van der Waals surface area contributed by atoms with Gasteiger partial charge in [-0.3, -0.25) is 9.59 Å². The van der Waals surface area contributed by atoms with Crippen LogP contribution in [0.4, 0.5) is 0 Å². The number of rotatable bonds is 9. The lowest BCUT2D eigenvalue weighted by atomic mass is 10.2. The first-order valence-electron chi connectivity index (χ1n) is 9.90. The van der Waals surface area contributed by atoms with E-state index in [4.69, 9.17) is 4.74 Å². The summed E-state index contributed by atoms with van der Waals surface area (Å²) in [5.74, 6) is 0.407. The molecule has 29 heavy (non-hydrogen) atoms. The first-order valence-corrected chi connectivity index (χ1v) is 9.90. The summed E-state index contributed by atoms with van der Waals surface area (Å²) < 4.78 is 7.25. The summed E-state index contributed by atoms with van der Waals surface area (Å²) in [6.45, 7) is 3.55. The Morgan fingerprint density at radius 3 is 2.59 bits per heavy atom. The van der Waals surface area contributed by atoms with Crippen molar-refractivity contribution in [3.05, 3.63) is 100.0 Å².